The highest BCUT2D eigenvalue weighted by Crippen LogP contribution is 2.31. The molecule has 0 aliphatic heterocycles. The topological polar surface area (TPSA) is 102 Å². The number of rotatable bonds is 5. The molecule has 26 heavy (non-hydrogen) atoms. The lowest BCUT2D eigenvalue weighted by Crippen LogP contribution is -2.13. The number of nitrogens with zero attached hydrogens (tertiary/aromatic N) is 3. The number of aromatic nitrogens is 3. The molecular weight excluding hydrogens is 372 g/mol. The molecule has 3 aromatic rings. The predicted octanol–water partition coefficient (Wildman–Crippen LogP) is 2.58. The van der Waals surface area contributed by atoms with E-state index in [1.54, 1.807) is 0 Å². The molecule has 1 aromatic carbocycles. The van der Waals surface area contributed by atoms with Crippen molar-refractivity contribution in [1.29, 1.82) is 0 Å². The summed E-state index contributed by atoms with van der Waals surface area (Å²) >= 11 is 1.31. The minimum atomic E-state index is -2.47. The van der Waals surface area contributed by atoms with E-state index in [2.05, 4.69) is 20.3 Å². The molecule has 0 unspecified atom stereocenters. The Morgan fingerprint density at radius 3 is 2.54 bits per heavy atom. The van der Waals surface area contributed by atoms with Crippen LogP contribution in [0.15, 0.2) is 36.1 Å². The van der Waals surface area contributed by atoms with Gasteiger partial charge in [-0.2, -0.15) is 0 Å². The van der Waals surface area contributed by atoms with E-state index in [-0.39, 0.29) is 17.4 Å². The molecule has 0 bridgehead atoms. The first kappa shape index (κ1) is 18.2. The number of benzene rings is 1. The third kappa shape index (κ3) is 4.12. The largest absolute Gasteiger partial charge is 0.296 e. The van der Waals surface area contributed by atoms with Crippen molar-refractivity contribution in [3.8, 4) is 11.3 Å². The Labute approximate surface area is 156 Å². The second kappa shape index (κ2) is 7.71. The zero-order valence-electron chi connectivity index (χ0n) is 14.1. The monoisotopic (exact) mass is 388 g/mol. The van der Waals surface area contributed by atoms with Crippen LogP contribution in [0.4, 0.5) is 5.13 Å². The summed E-state index contributed by atoms with van der Waals surface area (Å²) in [6.07, 6.45) is 4.33. The Bertz CT molecular complexity index is 998. The minimum absolute atomic E-state index is 0.0216. The highest BCUT2D eigenvalue weighted by Gasteiger charge is 2.14. The standard InChI is InChI=1S/C17H16N4O3S2/c1-10-5-12(9-26(23)24)6-11(2)15(10)14-8-25-17(20-14)21-16(22)13-7-18-3-4-19-13/h3-8,26H,9H2,1-2H3,(H,20,21,22). The molecule has 0 fully saturated rings. The van der Waals surface area contributed by atoms with Gasteiger partial charge in [-0.05, 0) is 30.5 Å². The number of hydrogen-bond acceptors (Lipinski definition) is 7. The second-order valence-corrected chi connectivity index (χ2v) is 7.52. The number of aryl methyl sites for hydroxylation is 2. The molecule has 0 aliphatic carbocycles. The van der Waals surface area contributed by atoms with E-state index in [0.29, 0.717) is 5.13 Å². The maximum Gasteiger partial charge on any atom is 0.277 e. The van der Waals surface area contributed by atoms with Crippen LogP contribution in [0.2, 0.25) is 0 Å². The molecule has 0 spiro atoms. The zero-order chi connectivity index (χ0) is 18.7. The third-order valence-corrected chi connectivity index (χ3v) is 5.06. The number of amides is 1. The van der Waals surface area contributed by atoms with E-state index in [4.69, 9.17) is 0 Å². The Hall–Kier alpha value is -2.65. The van der Waals surface area contributed by atoms with Crippen LogP contribution >= 0.6 is 11.3 Å². The normalized spacial score (nSPS) is 10.9. The first-order chi connectivity index (χ1) is 12.4. The van der Waals surface area contributed by atoms with Crippen molar-refractivity contribution in [3.63, 3.8) is 0 Å². The number of carbonyl (C=O) groups is 1. The van der Waals surface area contributed by atoms with Crippen molar-refractivity contribution in [2.75, 3.05) is 5.32 Å². The molecule has 7 nitrogen and oxygen atoms in total. The van der Waals surface area contributed by atoms with Gasteiger partial charge in [0.05, 0.1) is 17.6 Å². The zero-order valence-corrected chi connectivity index (χ0v) is 15.8. The predicted molar refractivity (Wildman–Crippen MR) is 101 cm³/mol. The molecule has 9 heteroatoms. The van der Waals surface area contributed by atoms with Gasteiger partial charge in [0.25, 0.3) is 5.91 Å². The lowest BCUT2D eigenvalue weighted by molar-refractivity contribution is 0.102. The average molecular weight is 388 g/mol. The van der Waals surface area contributed by atoms with Crippen LogP contribution in [0.3, 0.4) is 0 Å². The molecule has 0 saturated heterocycles. The van der Waals surface area contributed by atoms with Gasteiger partial charge in [0.1, 0.15) is 16.4 Å². The Kier molecular flexibility index (Phi) is 5.38. The Morgan fingerprint density at radius 1 is 1.19 bits per heavy atom. The summed E-state index contributed by atoms with van der Waals surface area (Å²) in [6, 6.07) is 3.70. The van der Waals surface area contributed by atoms with Crippen LogP contribution in [0, 0.1) is 13.8 Å². The summed E-state index contributed by atoms with van der Waals surface area (Å²) < 4.78 is 21.9. The van der Waals surface area contributed by atoms with Crippen molar-refractivity contribution < 1.29 is 13.2 Å². The number of anilines is 1. The van der Waals surface area contributed by atoms with Gasteiger partial charge < -0.3 is 0 Å². The van der Waals surface area contributed by atoms with Crippen molar-refractivity contribution >= 4 is 33.1 Å². The maximum absolute atomic E-state index is 12.1. The van der Waals surface area contributed by atoms with Gasteiger partial charge >= 0.3 is 0 Å². The molecule has 2 aromatic heterocycles. The van der Waals surface area contributed by atoms with Gasteiger partial charge in [0.2, 0.25) is 0 Å². The van der Waals surface area contributed by atoms with Crippen molar-refractivity contribution in [2.45, 2.75) is 19.6 Å². The summed E-state index contributed by atoms with van der Waals surface area (Å²) in [5.41, 5.74) is 4.52. The average Bonchev–Trinajstić information content (AvgIpc) is 3.02. The lowest BCUT2D eigenvalue weighted by Gasteiger charge is -2.09. The molecule has 0 aliphatic rings. The molecule has 0 radical (unpaired) electrons. The van der Waals surface area contributed by atoms with E-state index in [0.717, 1.165) is 27.9 Å². The van der Waals surface area contributed by atoms with Crippen LogP contribution in [0.1, 0.15) is 27.2 Å². The SMILES string of the molecule is Cc1cc(C[SH](=O)=O)cc(C)c1-c1csc(NC(=O)c2cnccn2)n1. The van der Waals surface area contributed by atoms with Gasteiger partial charge in [0.15, 0.2) is 5.13 Å². The first-order valence-electron chi connectivity index (χ1n) is 7.69. The lowest BCUT2D eigenvalue weighted by atomic mass is 9.98. The quantitative estimate of drug-likeness (QED) is 0.652. The maximum atomic E-state index is 12.1. The Morgan fingerprint density at radius 2 is 1.92 bits per heavy atom. The number of thiol groups is 1. The summed E-state index contributed by atoms with van der Waals surface area (Å²) in [4.78, 5) is 24.4. The van der Waals surface area contributed by atoms with Gasteiger partial charge in [-0.15, -0.1) is 11.3 Å². The second-order valence-electron chi connectivity index (χ2n) is 5.68. The van der Waals surface area contributed by atoms with Crippen molar-refractivity contribution in [1.82, 2.24) is 15.0 Å². The van der Waals surface area contributed by atoms with Crippen LogP contribution in [0.5, 0.6) is 0 Å². The van der Waals surface area contributed by atoms with Crippen LogP contribution < -0.4 is 5.32 Å². The molecular formula is C17H16N4O3S2. The van der Waals surface area contributed by atoms with Crippen LogP contribution in [0.25, 0.3) is 11.3 Å². The molecule has 0 atom stereocenters. The van der Waals surface area contributed by atoms with Crippen molar-refractivity contribution in [3.05, 3.63) is 58.5 Å². The van der Waals surface area contributed by atoms with Crippen LogP contribution in [-0.4, -0.2) is 29.3 Å². The third-order valence-electron chi connectivity index (χ3n) is 3.68. The number of thiazole rings is 1. The van der Waals surface area contributed by atoms with E-state index in [1.165, 1.54) is 29.9 Å². The summed E-state index contributed by atoms with van der Waals surface area (Å²) in [6.45, 7) is 3.84. The van der Waals surface area contributed by atoms with E-state index < -0.39 is 10.7 Å². The highest BCUT2D eigenvalue weighted by molar-refractivity contribution is 7.71. The van der Waals surface area contributed by atoms with E-state index in [9.17, 15) is 13.2 Å². The molecule has 2 heterocycles. The fraction of sp³-hybridized carbons (Fsp3) is 0.176. The molecule has 1 amide bonds. The number of nitrogens with one attached hydrogen (secondary N) is 1. The smallest absolute Gasteiger partial charge is 0.277 e. The summed E-state index contributed by atoms with van der Waals surface area (Å²) in [7, 11) is -2.47. The van der Waals surface area contributed by atoms with Gasteiger partial charge in [-0.25, -0.2) is 18.4 Å². The van der Waals surface area contributed by atoms with Gasteiger partial charge in [-0.3, -0.25) is 15.1 Å². The molecule has 134 valence electrons. The summed E-state index contributed by atoms with van der Waals surface area (Å²) in [5.74, 6) is -0.352. The van der Waals surface area contributed by atoms with E-state index >= 15 is 0 Å². The number of carbonyl (C=O) groups excluding carboxylic acids is 1. The first-order valence-corrected chi connectivity index (χ1v) is 9.93. The fourth-order valence-electron chi connectivity index (χ4n) is 2.72. The molecule has 0 saturated carbocycles. The highest BCUT2D eigenvalue weighted by atomic mass is 32.2. The minimum Gasteiger partial charge on any atom is -0.296 e. The van der Waals surface area contributed by atoms with Crippen molar-refractivity contribution in [2.24, 2.45) is 0 Å². The molecule has 1 N–H and O–H groups in total. The van der Waals surface area contributed by atoms with Gasteiger partial charge in [0, 0.05) is 23.3 Å². The number of hydrogen-bond donors (Lipinski definition) is 2. The molecule has 3 rings (SSSR count). The summed E-state index contributed by atoms with van der Waals surface area (Å²) in [5, 5.41) is 5.03. The van der Waals surface area contributed by atoms with Gasteiger partial charge in [-0.1, -0.05) is 12.1 Å². The van der Waals surface area contributed by atoms with E-state index in [1.807, 2.05) is 31.4 Å². The fourth-order valence-corrected chi connectivity index (χ4v) is 3.90. The van der Waals surface area contributed by atoms with Crippen LogP contribution in [-0.2, 0) is 16.5 Å². The Balaban J connectivity index is 1.85.